The van der Waals surface area contributed by atoms with Crippen molar-refractivity contribution in [2.75, 3.05) is 20.3 Å². The van der Waals surface area contributed by atoms with Crippen LogP contribution in [0.5, 0.6) is 0 Å². The van der Waals surface area contributed by atoms with Crippen LogP contribution in [0.4, 0.5) is 0 Å². The molecule has 0 saturated heterocycles. The van der Waals surface area contributed by atoms with Crippen LogP contribution in [0.15, 0.2) is 0 Å². The van der Waals surface area contributed by atoms with Gasteiger partial charge in [0.1, 0.15) is 0 Å². The molecular weight excluding hydrogens is 178 g/mol. The molecular formula is C11H23NO2. The van der Waals surface area contributed by atoms with E-state index in [1.807, 2.05) is 0 Å². The highest BCUT2D eigenvalue weighted by Gasteiger charge is 2.31. The standard InChI is InChI=1S/C11H23NO2/c1-3-10(8-14-2)12-9-11(13)6-4-5-7-11/h10,12-13H,3-9H2,1-2H3. The van der Waals surface area contributed by atoms with Gasteiger partial charge in [0.05, 0.1) is 12.2 Å². The molecule has 84 valence electrons. The molecule has 2 N–H and O–H groups in total. The molecule has 0 heterocycles. The lowest BCUT2D eigenvalue weighted by molar-refractivity contribution is 0.0404. The summed E-state index contributed by atoms with van der Waals surface area (Å²) in [4.78, 5) is 0. The molecule has 0 aromatic heterocycles. The SMILES string of the molecule is CCC(COC)NCC1(O)CCCC1. The van der Waals surface area contributed by atoms with Gasteiger partial charge in [0.25, 0.3) is 0 Å². The number of rotatable bonds is 6. The van der Waals surface area contributed by atoms with Crippen LogP contribution in [0.1, 0.15) is 39.0 Å². The summed E-state index contributed by atoms with van der Waals surface area (Å²) in [5.74, 6) is 0. The highest BCUT2D eigenvalue weighted by atomic mass is 16.5. The summed E-state index contributed by atoms with van der Waals surface area (Å²) < 4.78 is 5.10. The van der Waals surface area contributed by atoms with Crippen molar-refractivity contribution in [3.8, 4) is 0 Å². The molecule has 0 aliphatic heterocycles. The van der Waals surface area contributed by atoms with Gasteiger partial charge in [-0.2, -0.15) is 0 Å². The molecule has 1 atom stereocenters. The lowest BCUT2D eigenvalue weighted by Gasteiger charge is -2.26. The first kappa shape index (κ1) is 12.0. The largest absolute Gasteiger partial charge is 0.389 e. The molecule has 3 heteroatoms. The first-order valence-electron chi connectivity index (χ1n) is 5.65. The van der Waals surface area contributed by atoms with E-state index in [1.165, 1.54) is 12.8 Å². The molecule has 1 saturated carbocycles. The molecule has 3 nitrogen and oxygen atoms in total. The number of hydrogen-bond acceptors (Lipinski definition) is 3. The van der Waals surface area contributed by atoms with E-state index in [1.54, 1.807) is 7.11 Å². The van der Waals surface area contributed by atoms with Gasteiger partial charge < -0.3 is 15.2 Å². The van der Waals surface area contributed by atoms with Crippen LogP contribution in [-0.2, 0) is 4.74 Å². The smallest absolute Gasteiger partial charge is 0.0771 e. The summed E-state index contributed by atoms with van der Waals surface area (Å²) in [7, 11) is 1.72. The fourth-order valence-corrected chi connectivity index (χ4v) is 2.07. The van der Waals surface area contributed by atoms with Crippen molar-refractivity contribution in [2.45, 2.75) is 50.7 Å². The Labute approximate surface area is 86.8 Å². The highest BCUT2D eigenvalue weighted by Crippen LogP contribution is 2.28. The number of methoxy groups -OCH3 is 1. The molecule has 1 aliphatic rings. The molecule has 1 unspecified atom stereocenters. The zero-order valence-electron chi connectivity index (χ0n) is 9.38. The maximum Gasteiger partial charge on any atom is 0.0771 e. The summed E-state index contributed by atoms with van der Waals surface area (Å²) in [6, 6.07) is 0.379. The van der Waals surface area contributed by atoms with Gasteiger partial charge in [-0.3, -0.25) is 0 Å². The Hall–Kier alpha value is -0.120. The Morgan fingerprint density at radius 1 is 1.43 bits per heavy atom. The molecule has 0 aromatic carbocycles. The monoisotopic (exact) mass is 201 g/mol. The molecule has 0 aromatic rings. The fraction of sp³-hybridized carbons (Fsp3) is 1.00. The van der Waals surface area contributed by atoms with Gasteiger partial charge in [-0.1, -0.05) is 19.8 Å². The van der Waals surface area contributed by atoms with E-state index in [0.29, 0.717) is 6.04 Å². The van der Waals surface area contributed by atoms with Crippen LogP contribution in [0.2, 0.25) is 0 Å². The van der Waals surface area contributed by atoms with Gasteiger partial charge in [-0.05, 0) is 19.3 Å². The molecule has 0 radical (unpaired) electrons. The Morgan fingerprint density at radius 2 is 2.07 bits per heavy atom. The van der Waals surface area contributed by atoms with Gasteiger partial charge in [0, 0.05) is 19.7 Å². The van der Waals surface area contributed by atoms with Crippen molar-refractivity contribution in [1.82, 2.24) is 5.32 Å². The summed E-state index contributed by atoms with van der Waals surface area (Å²) in [5, 5.41) is 13.5. The molecule has 1 rings (SSSR count). The second-order valence-electron chi connectivity index (χ2n) is 4.37. The second-order valence-corrected chi connectivity index (χ2v) is 4.37. The second kappa shape index (κ2) is 5.69. The third-order valence-corrected chi connectivity index (χ3v) is 3.11. The van der Waals surface area contributed by atoms with E-state index >= 15 is 0 Å². The van der Waals surface area contributed by atoms with Crippen LogP contribution in [-0.4, -0.2) is 37.0 Å². The maximum atomic E-state index is 10.1. The van der Waals surface area contributed by atoms with Crippen molar-refractivity contribution in [1.29, 1.82) is 0 Å². The molecule has 0 amide bonds. The third-order valence-electron chi connectivity index (χ3n) is 3.11. The number of ether oxygens (including phenoxy) is 1. The molecule has 0 spiro atoms. The maximum absolute atomic E-state index is 10.1. The Kier molecular flexibility index (Phi) is 4.85. The van der Waals surface area contributed by atoms with E-state index in [0.717, 1.165) is 32.4 Å². The van der Waals surface area contributed by atoms with Gasteiger partial charge in [0.15, 0.2) is 0 Å². The third kappa shape index (κ3) is 3.56. The lowest BCUT2D eigenvalue weighted by atomic mass is 10.0. The van der Waals surface area contributed by atoms with Crippen molar-refractivity contribution in [2.24, 2.45) is 0 Å². The van der Waals surface area contributed by atoms with E-state index in [2.05, 4.69) is 12.2 Å². The quantitative estimate of drug-likeness (QED) is 0.681. The Bertz CT molecular complexity index is 155. The van der Waals surface area contributed by atoms with Gasteiger partial charge in [0.2, 0.25) is 0 Å². The average molecular weight is 201 g/mol. The van der Waals surface area contributed by atoms with Crippen molar-refractivity contribution in [3.05, 3.63) is 0 Å². The zero-order valence-corrected chi connectivity index (χ0v) is 9.38. The van der Waals surface area contributed by atoms with Crippen molar-refractivity contribution in [3.63, 3.8) is 0 Å². The minimum absolute atomic E-state index is 0.379. The predicted molar refractivity (Wildman–Crippen MR) is 57.4 cm³/mol. The van der Waals surface area contributed by atoms with E-state index in [4.69, 9.17) is 4.74 Å². The summed E-state index contributed by atoms with van der Waals surface area (Å²) >= 11 is 0. The number of aliphatic hydroxyl groups is 1. The number of nitrogens with one attached hydrogen (secondary N) is 1. The number of hydrogen-bond donors (Lipinski definition) is 2. The molecule has 1 fully saturated rings. The summed E-state index contributed by atoms with van der Waals surface area (Å²) in [6.45, 7) is 3.58. The zero-order chi connectivity index (χ0) is 10.4. The first-order chi connectivity index (χ1) is 6.70. The normalized spacial score (nSPS) is 22.5. The Morgan fingerprint density at radius 3 is 2.57 bits per heavy atom. The molecule has 14 heavy (non-hydrogen) atoms. The van der Waals surface area contributed by atoms with Crippen LogP contribution >= 0.6 is 0 Å². The minimum Gasteiger partial charge on any atom is -0.389 e. The minimum atomic E-state index is -0.443. The molecule has 0 bridgehead atoms. The van der Waals surface area contributed by atoms with E-state index < -0.39 is 5.60 Å². The van der Waals surface area contributed by atoms with Gasteiger partial charge in [-0.25, -0.2) is 0 Å². The fourth-order valence-electron chi connectivity index (χ4n) is 2.07. The predicted octanol–water partition coefficient (Wildman–Crippen LogP) is 1.31. The average Bonchev–Trinajstić information content (AvgIpc) is 2.60. The highest BCUT2D eigenvalue weighted by molar-refractivity contribution is 4.87. The van der Waals surface area contributed by atoms with Gasteiger partial charge in [-0.15, -0.1) is 0 Å². The first-order valence-corrected chi connectivity index (χ1v) is 5.65. The summed E-state index contributed by atoms with van der Waals surface area (Å²) in [6.07, 6.45) is 5.27. The molecule has 1 aliphatic carbocycles. The van der Waals surface area contributed by atoms with Crippen LogP contribution in [0.3, 0.4) is 0 Å². The van der Waals surface area contributed by atoms with Crippen LogP contribution in [0, 0.1) is 0 Å². The van der Waals surface area contributed by atoms with Crippen molar-refractivity contribution >= 4 is 0 Å². The van der Waals surface area contributed by atoms with Crippen molar-refractivity contribution < 1.29 is 9.84 Å². The van der Waals surface area contributed by atoms with Crippen LogP contribution < -0.4 is 5.32 Å². The topological polar surface area (TPSA) is 41.5 Å². The Balaban J connectivity index is 2.23. The van der Waals surface area contributed by atoms with E-state index in [-0.39, 0.29) is 0 Å². The summed E-state index contributed by atoms with van der Waals surface area (Å²) in [5.41, 5.74) is -0.443. The van der Waals surface area contributed by atoms with Crippen LogP contribution in [0.25, 0.3) is 0 Å². The lowest BCUT2D eigenvalue weighted by Crippen LogP contribution is -2.44. The van der Waals surface area contributed by atoms with Gasteiger partial charge >= 0.3 is 0 Å². The van der Waals surface area contributed by atoms with E-state index in [9.17, 15) is 5.11 Å².